The average molecular weight is 454 g/mol. The molecule has 2 amide bonds. The number of aromatic nitrogens is 2. The second-order valence-electron chi connectivity index (χ2n) is 10.3. The topological polar surface area (TPSA) is 81.7 Å². The number of nitrogens with zero attached hydrogens (tertiary/aromatic N) is 4. The number of amides is 2. The van der Waals surface area contributed by atoms with E-state index in [1.807, 2.05) is 28.3 Å². The van der Waals surface area contributed by atoms with Gasteiger partial charge in [-0.25, -0.2) is 4.99 Å². The maximum atomic E-state index is 13.3. The summed E-state index contributed by atoms with van der Waals surface area (Å²) in [6.45, 7) is 2.16. The molecule has 0 radical (unpaired) electrons. The summed E-state index contributed by atoms with van der Waals surface area (Å²) in [6, 6.07) is 12.4. The van der Waals surface area contributed by atoms with Crippen LogP contribution >= 0.6 is 0 Å². The van der Waals surface area contributed by atoms with E-state index in [4.69, 9.17) is 9.98 Å². The summed E-state index contributed by atoms with van der Waals surface area (Å²) in [6.07, 6.45) is 8.45. The number of hydrogen-bond donors (Lipinski definition) is 1. The number of pyridine rings is 1. The Hall–Kier alpha value is -3.48. The highest BCUT2D eigenvalue weighted by molar-refractivity contribution is 6.15. The van der Waals surface area contributed by atoms with Crippen LogP contribution in [0.5, 0.6) is 0 Å². The third-order valence-corrected chi connectivity index (χ3v) is 7.79. The largest absolute Gasteiger partial charge is 0.361 e. The molecule has 1 atom stereocenters. The Morgan fingerprint density at radius 2 is 1.94 bits per heavy atom. The number of amidine groups is 1. The molecule has 4 heterocycles. The number of H-pyrrole nitrogens is 1. The van der Waals surface area contributed by atoms with Crippen LogP contribution in [0.4, 0.5) is 0 Å². The molecule has 2 saturated carbocycles. The molecule has 2 aromatic heterocycles. The van der Waals surface area contributed by atoms with Crippen molar-refractivity contribution in [1.29, 1.82) is 0 Å². The fourth-order valence-electron chi connectivity index (χ4n) is 5.42. The Labute approximate surface area is 197 Å². The van der Waals surface area contributed by atoms with Gasteiger partial charge in [-0.1, -0.05) is 18.2 Å². The lowest BCUT2D eigenvalue weighted by Crippen LogP contribution is -2.41. The van der Waals surface area contributed by atoms with Crippen LogP contribution in [0.2, 0.25) is 0 Å². The summed E-state index contributed by atoms with van der Waals surface area (Å²) < 4.78 is 0. The van der Waals surface area contributed by atoms with Gasteiger partial charge in [0.05, 0.1) is 0 Å². The molecule has 4 aliphatic rings. The lowest BCUT2D eigenvalue weighted by molar-refractivity contribution is -0.131. The second kappa shape index (κ2) is 7.26. The maximum Gasteiger partial charge on any atom is 0.256 e. The summed E-state index contributed by atoms with van der Waals surface area (Å²) in [4.78, 5) is 42.5. The van der Waals surface area contributed by atoms with Gasteiger partial charge in [-0.05, 0) is 67.2 Å². The number of nitrogens with one attached hydrogen (secondary N) is 1. The molecule has 3 fully saturated rings. The maximum absolute atomic E-state index is 13.3. The van der Waals surface area contributed by atoms with E-state index in [1.54, 1.807) is 0 Å². The predicted octanol–water partition coefficient (Wildman–Crippen LogP) is 3.61. The third kappa shape index (κ3) is 3.25. The van der Waals surface area contributed by atoms with Crippen LogP contribution in [-0.4, -0.2) is 62.6 Å². The molecule has 2 aliphatic carbocycles. The molecule has 2 aliphatic heterocycles. The summed E-state index contributed by atoms with van der Waals surface area (Å²) in [5.74, 6) is 1.65. The van der Waals surface area contributed by atoms with Crippen LogP contribution in [0.25, 0.3) is 22.0 Å². The summed E-state index contributed by atoms with van der Waals surface area (Å²) in [7, 11) is 0. The Bertz CT molecular complexity index is 1330. The van der Waals surface area contributed by atoms with Crippen LogP contribution in [0.1, 0.15) is 37.8 Å². The molecule has 1 unspecified atom stereocenters. The third-order valence-electron chi connectivity index (χ3n) is 7.79. The first kappa shape index (κ1) is 19.9. The van der Waals surface area contributed by atoms with E-state index in [0.29, 0.717) is 18.3 Å². The summed E-state index contributed by atoms with van der Waals surface area (Å²) >= 11 is 0. The number of hydrogen-bond acceptors (Lipinski definition) is 4. The summed E-state index contributed by atoms with van der Waals surface area (Å²) in [5, 5.41) is 1.18. The molecular formula is C27H27N5O2. The molecular weight excluding hydrogens is 426 g/mol. The van der Waals surface area contributed by atoms with Gasteiger partial charge in [0.2, 0.25) is 5.91 Å². The van der Waals surface area contributed by atoms with E-state index in [-0.39, 0.29) is 17.7 Å². The Kier molecular flexibility index (Phi) is 4.26. The van der Waals surface area contributed by atoms with E-state index < -0.39 is 5.54 Å². The highest BCUT2D eigenvalue weighted by Gasteiger charge is 2.57. The number of carbonyl (C=O) groups is 2. The van der Waals surface area contributed by atoms with Crippen molar-refractivity contribution < 1.29 is 9.59 Å². The van der Waals surface area contributed by atoms with Crippen LogP contribution < -0.4 is 0 Å². The van der Waals surface area contributed by atoms with Crippen molar-refractivity contribution in [2.24, 2.45) is 16.8 Å². The van der Waals surface area contributed by atoms with Gasteiger partial charge in [0.15, 0.2) is 5.84 Å². The fourth-order valence-corrected chi connectivity index (χ4v) is 5.42. The van der Waals surface area contributed by atoms with Gasteiger partial charge in [-0.3, -0.25) is 19.5 Å². The minimum Gasteiger partial charge on any atom is -0.361 e. The number of benzene rings is 1. The van der Waals surface area contributed by atoms with Gasteiger partial charge in [-0.15, -0.1) is 0 Å². The van der Waals surface area contributed by atoms with Crippen molar-refractivity contribution in [2.75, 3.05) is 19.6 Å². The summed E-state index contributed by atoms with van der Waals surface area (Å²) in [5.41, 5.74) is 3.41. The fraction of sp³-hybridized carbons (Fsp3) is 0.407. The van der Waals surface area contributed by atoms with Crippen molar-refractivity contribution in [2.45, 2.75) is 37.6 Å². The van der Waals surface area contributed by atoms with Crippen molar-refractivity contribution in [3.63, 3.8) is 0 Å². The van der Waals surface area contributed by atoms with Gasteiger partial charge >= 0.3 is 0 Å². The Morgan fingerprint density at radius 1 is 1.09 bits per heavy atom. The molecule has 7 heteroatoms. The van der Waals surface area contributed by atoms with Crippen molar-refractivity contribution in [3.05, 3.63) is 54.5 Å². The zero-order chi connectivity index (χ0) is 22.9. The van der Waals surface area contributed by atoms with Crippen molar-refractivity contribution >= 4 is 28.6 Å². The van der Waals surface area contributed by atoms with E-state index in [2.05, 4.69) is 35.3 Å². The minimum atomic E-state index is -0.559. The van der Waals surface area contributed by atoms with Gasteiger partial charge in [0, 0.05) is 49.0 Å². The zero-order valence-electron chi connectivity index (χ0n) is 19.0. The molecule has 1 aromatic carbocycles. The molecule has 1 N–H and O–H groups in total. The van der Waals surface area contributed by atoms with Crippen LogP contribution in [-0.2, 0) is 9.59 Å². The number of aromatic amines is 1. The number of carbonyl (C=O) groups excluding carboxylic acids is 2. The van der Waals surface area contributed by atoms with Gasteiger partial charge in [0.25, 0.3) is 5.91 Å². The monoisotopic (exact) mass is 453 g/mol. The van der Waals surface area contributed by atoms with Crippen molar-refractivity contribution in [1.82, 2.24) is 19.8 Å². The van der Waals surface area contributed by atoms with Crippen LogP contribution in [0.15, 0.2) is 53.8 Å². The highest BCUT2D eigenvalue weighted by atomic mass is 16.2. The quantitative estimate of drug-likeness (QED) is 0.641. The average Bonchev–Trinajstić information content (AvgIpc) is 3.74. The van der Waals surface area contributed by atoms with E-state index in [9.17, 15) is 9.59 Å². The standard InChI is InChI=1S/C27H27N5O2/c33-25(19-2-3-19)31-12-8-17(15-31)16-32-24(30-27(9-10-27)26(32)34)22-6-5-21(14-29-22)20-4-1-18-7-11-28-23(18)13-20/h1,4-7,11,13-14,17,19,28H,2-3,8-10,12,15-16H2. The lowest BCUT2D eigenvalue weighted by Gasteiger charge is -2.23. The first-order valence-corrected chi connectivity index (χ1v) is 12.3. The SMILES string of the molecule is O=C(C1CC1)N1CCC(CN2C(=O)C3(CC3)N=C2c2ccc(-c3ccc4cc[nH]c4c3)cn2)C1. The molecule has 0 bridgehead atoms. The van der Waals surface area contributed by atoms with Crippen LogP contribution in [0.3, 0.4) is 0 Å². The minimum absolute atomic E-state index is 0.109. The Morgan fingerprint density at radius 3 is 2.71 bits per heavy atom. The van der Waals surface area contributed by atoms with E-state index in [1.165, 1.54) is 5.39 Å². The predicted molar refractivity (Wildman–Crippen MR) is 129 cm³/mol. The second-order valence-corrected chi connectivity index (χ2v) is 10.3. The Balaban J connectivity index is 1.12. The highest BCUT2D eigenvalue weighted by Crippen LogP contribution is 2.46. The first-order chi connectivity index (χ1) is 16.6. The normalized spacial score (nSPS) is 23.2. The number of aliphatic imine (C=N–C) groups is 1. The number of likely N-dealkylation sites (tertiary alicyclic amines) is 1. The number of fused-ring (bicyclic) bond motifs is 1. The van der Waals surface area contributed by atoms with Gasteiger partial charge in [-0.2, -0.15) is 0 Å². The van der Waals surface area contributed by atoms with Gasteiger partial charge < -0.3 is 9.88 Å². The van der Waals surface area contributed by atoms with Gasteiger partial charge in [0.1, 0.15) is 11.2 Å². The smallest absolute Gasteiger partial charge is 0.256 e. The van der Waals surface area contributed by atoms with Crippen LogP contribution in [0, 0.1) is 11.8 Å². The zero-order valence-corrected chi connectivity index (χ0v) is 19.0. The first-order valence-electron chi connectivity index (χ1n) is 12.3. The molecule has 172 valence electrons. The number of rotatable bonds is 5. The molecule has 1 spiro atoms. The molecule has 7 nitrogen and oxygen atoms in total. The van der Waals surface area contributed by atoms with Crippen molar-refractivity contribution in [3.8, 4) is 11.1 Å². The molecule has 34 heavy (non-hydrogen) atoms. The molecule has 3 aromatic rings. The molecule has 1 saturated heterocycles. The van der Waals surface area contributed by atoms with E-state index >= 15 is 0 Å². The van der Waals surface area contributed by atoms with E-state index in [0.717, 1.165) is 67.5 Å². The molecule has 7 rings (SSSR count). The lowest BCUT2D eigenvalue weighted by atomic mass is 10.1.